The highest BCUT2D eigenvalue weighted by atomic mass is 16.7. The van der Waals surface area contributed by atoms with Crippen LogP contribution in [0, 0.1) is 0 Å². The maximum atomic E-state index is 12.4. The average Bonchev–Trinajstić information content (AvgIpc) is 3.09. The summed E-state index contributed by atoms with van der Waals surface area (Å²) in [5, 5.41) is 5.03. The fourth-order valence-electron chi connectivity index (χ4n) is 2.72. The first-order valence-corrected chi connectivity index (χ1v) is 8.05. The zero-order valence-electron chi connectivity index (χ0n) is 13.7. The molecule has 5 nitrogen and oxygen atoms in total. The number of amides is 1. The maximum Gasteiger partial charge on any atom is 0.265 e. The van der Waals surface area contributed by atoms with Crippen LogP contribution in [0.5, 0.6) is 17.2 Å². The summed E-state index contributed by atoms with van der Waals surface area (Å²) in [7, 11) is 0. The minimum Gasteiger partial charge on any atom is -0.481 e. The number of ether oxygens (including phenoxy) is 3. The van der Waals surface area contributed by atoms with E-state index in [9.17, 15) is 4.79 Å². The summed E-state index contributed by atoms with van der Waals surface area (Å²) in [4.78, 5) is 12.4. The molecule has 0 bridgehead atoms. The number of anilines is 1. The predicted octanol–water partition coefficient (Wildman–Crippen LogP) is 3.97. The van der Waals surface area contributed by atoms with E-state index in [0.717, 1.165) is 10.8 Å². The van der Waals surface area contributed by atoms with Crippen LogP contribution in [-0.2, 0) is 4.79 Å². The number of hydrogen-bond acceptors (Lipinski definition) is 4. The fraction of sp³-hybridized carbons (Fsp3) is 0.150. The highest BCUT2D eigenvalue weighted by Gasteiger charge is 2.18. The van der Waals surface area contributed by atoms with Crippen molar-refractivity contribution < 1.29 is 19.0 Å². The molecule has 0 radical (unpaired) electrons. The predicted molar refractivity (Wildman–Crippen MR) is 95.2 cm³/mol. The molecular formula is C20H17NO4. The molecule has 3 aromatic rings. The monoisotopic (exact) mass is 335 g/mol. The third-order valence-corrected chi connectivity index (χ3v) is 4.04. The van der Waals surface area contributed by atoms with Crippen LogP contribution in [0.3, 0.4) is 0 Å². The largest absolute Gasteiger partial charge is 0.481 e. The number of benzene rings is 3. The molecule has 0 spiro atoms. The van der Waals surface area contributed by atoms with E-state index >= 15 is 0 Å². The van der Waals surface area contributed by atoms with Gasteiger partial charge in [0.05, 0.1) is 0 Å². The van der Waals surface area contributed by atoms with Crippen molar-refractivity contribution in [2.75, 3.05) is 12.1 Å². The standard InChI is InChI=1S/C20H17NO4/c1-13(25-17-8-6-14-4-2-3-5-15(14)10-17)20(22)21-16-7-9-18-19(11-16)24-12-23-18/h2-11,13H,12H2,1H3,(H,21,22). The first-order chi connectivity index (χ1) is 12.2. The van der Waals surface area contributed by atoms with Crippen LogP contribution in [-0.4, -0.2) is 18.8 Å². The first-order valence-electron chi connectivity index (χ1n) is 8.05. The van der Waals surface area contributed by atoms with E-state index in [1.165, 1.54) is 0 Å². The molecule has 4 rings (SSSR count). The molecule has 1 aliphatic heterocycles. The van der Waals surface area contributed by atoms with Gasteiger partial charge in [0.25, 0.3) is 5.91 Å². The van der Waals surface area contributed by atoms with Crippen molar-refractivity contribution >= 4 is 22.4 Å². The Hall–Kier alpha value is -3.21. The van der Waals surface area contributed by atoms with Crippen LogP contribution in [0.2, 0.25) is 0 Å². The van der Waals surface area contributed by atoms with Crippen LogP contribution in [0.4, 0.5) is 5.69 Å². The molecule has 126 valence electrons. The second-order valence-corrected chi connectivity index (χ2v) is 5.83. The van der Waals surface area contributed by atoms with Gasteiger partial charge in [0.15, 0.2) is 17.6 Å². The van der Waals surface area contributed by atoms with Crippen molar-refractivity contribution in [3.63, 3.8) is 0 Å². The van der Waals surface area contributed by atoms with E-state index in [4.69, 9.17) is 14.2 Å². The molecule has 25 heavy (non-hydrogen) atoms. The smallest absolute Gasteiger partial charge is 0.265 e. The van der Waals surface area contributed by atoms with Crippen molar-refractivity contribution in [3.05, 3.63) is 60.7 Å². The van der Waals surface area contributed by atoms with Crippen molar-refractivity contribution in [1.82, 2.24) is 0 Å². The Morgan fingerprint density at radius 2 is 1.80 bits per heavy atom. The van der Waals surface area contributed by atoms with Gasteiger partial charge >= 0.3 is 0 Å². The Balaban J connectivity index is 1.44. The Bertz CT molecular complexity index is 938. The summed E-state index contributed by atoms with van der Waals surface area (Å²) in [6.07, 6.45) is -0.633. The molecule has 3 aromatic carbocycles. The third-order valence-electron chi connectivity index (χ3n) is 4.04. The number of nitrogens with one attached hydrogen (secondary N) is 1. The molecule has 1 unspecified atom stereocenters. The minimum absolute atomic E-state index is 0.203. The first kappa shape index (κ1) is 15.3. The lowest BCUT2D eigenvalue weighted by molar-refractivity contribution is -0.122. The molecule has 0 saturated heterocycles. The highest BCUT2D eigenvalue weighted by molar-refractivity contribution is 5.94. The van der Waals surface area contributed by atoms with Gasteiger partial charge in [0, 0.05) is 11.8 Å². The van der Waals surface area contributed by atoms with Crippen LogP contribution >= 0.6 is 0 Å². The number of hydrogen-bond donors (Lipinski definition) is 1. The quantitative estimate of drug-likeness (QED) is 0.784. The van der Waals surface area contributed by atoms with Crippen molar-refractivity contribution in [2.24, 2.45) is 0 Å². The SMILES string of the molecule is CC(Oc1ccc2ccccc2c1)C(=O)Nc1ccc2c(c1)OCO2. The van der Waals surface area contributed by atoms with E-state index < -0.39 is 6.10 Å². The van der Waals surface area contributed by atoms with Crippen LogP contribution < -0.4 is 19.5 Å². The third kappa shape index (κ3) is 3.21. The molecule has 1 amide bonds. The summed E-state index contributed by atoms with van der Waals surface area (Å²) in [6.45, 7) is 1.92. The number of rotatable bonds is 4. The number of carbonyl (C=O) groups is 1. The number of carbonyl (C=O) groups excluding carboxylic acids is 1. The van der Waals surface area contributed by atoms with E-state index in [1.807, 2.05) is 42.5 Å². The van der Waals surface area contributed by atoms with Gasteiger partial charge in [-0.3, -0.25) is 4.79 Å². The fourth-order valence-corrected chi connectivity index (χ4v) is 2.72. The maximum absolute atomic E-state index is 12.4. The molecule has 0 aromatic heterocycles. The van der Waals surface area contributed by atoms with E-state index in [1.54, 1.807) is 25.1 Å². The molecule has 0 aliphatic carbocycles. The van der Waals surface area contributed by atoms with Gasteiger partial charge in [-0.15, -0.1) is 0 Å². The lowest BCUT2D eigenvalue weighted by Gasteiger charge is -2.15. The molecular weight excluding hydrogens is 318 g/mol. The number of fused-ring (bicyclic) bond motifs is 2. The van der Waals surface area contributed by atoms with Crippen LogP contribution in [0.1, 0.15) is 6.92 Å². The van der Waals surface area contributed by atoms with Crippen molar-refractivity contribution in [1.29, 1.82) is 0 Å². The van der Waals surface area contributed by atoms with Crippen molar-refractivity contribution in [2.45, 2.75) is 13.0 Å². The van der Waals surface area contributed by atoms with E-state index in [0.29, 0.717) is 22.9 Å². The van der Waals surface area contributed by atoms with E-state index in [-0.39, 0.29) is 12.7 Å². The Morgan fingerprint density at radius 3 is 2.68 bits per heavy atom. The molecule has 0 saturated carbocycles. The normalized spacial score (nSPS) is 13.5. The van der Waals surface area contributed by atoms with Gasteiger partial charge in [-0.05, 0) is 42.0 Å². The Kier molecular flexibility index (Phi) is 3.90. The van der Waals surface area contributed by atoms with Gasteiger partial charge in [0.2, 0.25) is 6.79 Å². The van der Waals surface area contributed by atoms with Gasteiger partial charge in [-0.25, -0.2) is 0 Å². The second kappa shape index (κ2) is 6.36. The van der Waals surface area contributed by atoms with Gasteiger partial charge in [-0.2, -0.15) is 0 Å². The summed E-state index contributed by atoms with van der Waals surface area (Å²) < 4.78 is 16.4. The Labute approximate surface area is 145 Å². The zero-order chi connectivity index (χ0) is 17.2. The average molecular weight is 335 g/mol. The summed E-state index contributed by atoms with van der Waals surface area (Å²) >= 11 is 0. The molecule has 1 aliphatic rings. The zero-order valence-corrected chi connectivity index (χ0v) is 13.7. The van der Waals surface area contributed by atoms with Crippen LogP contribution in [0.15, 0.2) is 60.7 Å². The molecule has 1 N–H and O–H groups in total. The summed E-state index contributed by atoms with van der Waals surface area (Å²) in [5.74, 6) is 1.73. The van der Waals surface area contributed by atoms with Gasteiger partial charge in [-0.1, -0.05) is 30.3 Å². The Morgan fingerprint density at radius 1 is 1.00 bits per heavy atom. The summed E-state index contributed by atoms with van der Waals surface area (Å²) in [5.41, 5.74) is 0.642. The summed E-state index contributed by atoms with van der Waals surface area (Å²) in [6, 6.07) is 19.1. The molecule has 1 atom stereocenters. The lowest BCUT2D eigenvalue weighted by Crippen LogP contribution is -2.30. The van der Waals surface area contributed by atoms with Gasteiger partial charge < -0.3 is 19.5 Å². The molecule has 5 heteroatoms. The molecule has 0 fully saturated rings. The van der Waals surface area contributed by atoms with Gasteiger partial charge in [0.1, 0.15) is 5.75 Å². The lowest BCUT2D eigenvalue weighted by atomic mass is 10.1. The molecule has 1 heterocycles. The topological polar surface area (TPSA) is 56.8 Å². The highest BCUT2D eigenvalue weighted by Crippen LogP contribution is 2.34. The minimum atomic E-state index is -0.633. The van der Waals surface area contributed by atoms with Crippen molar-refractivity contribution in [3.8, 4) is 17.2 Å². The van der Waals surface area contributed by atoms with Crippen LogP contribution in [0.25, 0.3) is 10.8 Å². The van der Waals surface area contributed by atoms with E-state index in [2.05, 4.69) is 5.32 Å². The second-order valence-electron chi connectivity index (χ2n) is 5.83.